The lowest BCUT2D eigenvalue weighted by atomic mass is 10.1. The van der Waals surface area contributed by atoms with E-state index in [1.54, 1.807) is 17.6 Å². The van der Waals surface area contributed by atoms with Crippen LogP contribution in [0, 0.1) is 23.0 Å². The van der Waals surface area contributed by atoms with E-state index in [1.807, 2.05) is 0 Å². The topological polar surface area (TPSA) is 87.3 Å². The van der Waals surface area contributed by atoms with E-state index < -0.39 is 23.6 Å². The van der Waals surface area contributed by atoms with E-state index in [0.29, 0.717) is 22.5 Å². The average Bonchev–Trinajstić information content (AvgIpc) is 3.09. The van der Waals surface area contributed by atoms with Gasteiger partial charge in [0.25, 0.3) is 5.56 Å². The molecule has 27 heavy (non-hydrogen) atoms. The Balaban J connectivity index is 1.58. The van der Waals surface area contributed by atoms with E-state index in [-0.39, 0.29) is 16.9 Å². The number of nitrogens with zero attached hydrogens (tertiary/aromatic N) is 3. The summed E-state index contributed by atoms with van der Waals surface area (Å²) in [6.07, 6.45) is 1.64. The maximum atomic E-state index is 13.8. The minimum atomic E-state index is -1.22. The number of hydrogen-bond acceptors (Lipinski definition) is 6. The molecule has 10 heteroatoms. The quantitative estimate of drug-likeness (QED) is 0.680. The number of nitrogens with one attached hydrogen (secondary N) is 1. The molecule has 0 fully saturated rings. The zero-order chi connectivity index (χ0) is 19.4. The van der Waals surface area contributed by atoms with Gasteiger partial charge in [0.1, 0.15) is 17.7 Å². The first-order chi connectivity index (χ1) is 13.0. The molecule has 0 saturated heterocycles. The third-order valence-electron chi connectivity index (χ3n) is 3.55. The highest BCUT2D eigenvalue weighted by molar-refractivity contribution is 7.99. The predicted octanol–water partition coefficient (Wildman–Crippen LogP) is 2.65. The first-order valence-corrected chi connectivity index (χ1v) is 9.69. The number of rotatable bonds is 6. The Morgan fingerprint density at radius 2 is 2.22 bits per heavy atom. The summed E-state index contributed by atoms with van der Waals surface area (Å²) in [6, 6.07) is 4.77. The summed E-state index contributed by atoms with van der Waals surface area (Å²) in [5, 5.41) is 13.3. The number of carbonyl (C=O) groups is 1. The van der Waals surface area contributed by atoms with Crippen LogP contribution in [0.5, 0.6) is 0 Å². The van der Waals surface area contributed by atoms with Crippen molar-refractivity contribution in [2.24, 2.45) is 0 Å². The molecular weight excluding hydrogens is 394 g/mol. The summed E-state index contributed by atoms with van der Waals surface area (Å²) in [7, 11) is 0. The van der Waals surface area contributed by atoms with Gasteiger partial charge in [0.05, 0.1) is 17.5 Å². The van der Waals surface area contributed by atoms with Crippen LogP contribution < -0.4 is 10.9 Å². The minimum absolute atomic E-state index is 0.00746. The summed E-state index contributed by atoms with van der Waals surface area (Å²) in [5.41, 5.74) is 0.245. The number of halogens is 2. The van der Waals surface area contributed by atoms with Crippen molar-refractivity contribution in [3.63, 3.8) is 0 Å². The molecule has 1 amide bonds. The Hall–Kier alpha value is -2.77. The monoisotopic (exact) mass is 406 g/mol. The SMILES string of the molecule is N#CC(NC(=O)CSCc1cc(=O)n2ccsc2n1)c1ccc(F)cc1F. The van der Waals surface area contributed by atoms with Crippen LogP contribution in [0.15, 0.2) is 40.6 Å². The molecule has 0 saturated carbocycles. The highest BCUT2D eigenvalue weighted by Crippen LogP contribution is 2.18. The van der Waals surface area contributed by atoms with Gasteiger partial charge in [0.2, 0.25) is 5.91 Å². The number of thiazole rings is 1. The Labute approximate surface area is 160 Å². The van der Waals surface area contributed by atoms with Crippen molar-refractivity contribution in [2.75, 3.05) is 5.75 Å². The van der Waals surface area contributed by atoms with Gasteiger partial charge in [0, 0.05) is 35.0 Å². The second kappa shape index (κ2) is 8.28. The van der Waals surface area contributed by atoms with Crippen LogP contribution in [0.4, 0.5) is 8.78 Å². The lowest BCUT2D eigenvalue weighted by molar-refractivity contribution is -0.118. The van der Waals surface area contributed by atoms with Gasteiger partial charge in [-0.2, -0.15) is 5.26 Å². The lowest BCUT2D eigenvalue weighted by Crippen LogP contribution is -2.29. The predicted molar refractivity (Wildman–Crippen MR) is 98.4 cm³/mol. The fourth-order valence-electron chi connectivity index (χ4n) is 2.33. The van der Waals surface area contributed by atoms with E-state index >= 15 is 0 Å². The zero-order valence-corrected chi connectivity index (χ0v) is 15.3. The van der Waals surface area contributed by atoms with Gasteiger partial charge in [-0.1, -0.05) is 6.07 Å². The van der Waals surface area contributed by atoms with Crippen LogP contribution in [0.25, 0.3) is 4.96 Å². The molecule has 138 valence electrons. The van der Waals surface area contributed by atoms with Crippen LogP contribution in [-0.4, -0.2) is 21.0 Å². The largest absolute Gasteiger partial charge is 0.336 e. The van der Waals surface area contributed by atoms with Gasteiger partial charge in [-0.3, -0.25) is 14.0 Å². The molecule has 0 aliphatic carbocycles. The molecule has 6 nitrogen and oxygen atoms in total. The molecule has 0 aliphatic rings. The maximum Gasteiger partial charge on any atom is 0.258 e. The van der Waals surface area contributed by atoms with Crippen molar-refractivity contribution in [1.82, 2.24) is 14.7 Å². The molecular formula is C17H12F2N4O2S2. The fourth-order valence-corrected chi connectivity index (χ4v) is 3.79. The van der Waals surface area contributed by atoms with Crippen LogP contribution >= 0.6 is 23.1 Å². The summed E-state index contributed by atoms with van der Waals surface area (Å²) < 4.78 is 28.2. The van der Waals surface area contributed by atoms with E-state index in [4.69, 9.17) is 5.26 Å². The van der Waals surface area contributed by atoms with Gasteiger partial charge in [-0.05, 0) is 6.07 Å². The van der Waals surface area contributed by atoms with Crippen molar-refractivity contribution >= 4 is 34.0 Å². The average molecular weight is 406 g/mol. The molecule has 0 radical (unpaired) electrons. The van der Waals surface area contributed by atoms with Gasteiger partial charge < -0.3 is 5.32 Å². The van der Waals surface area contributed by atoms with Gasteiger partial charge in [-0.15, -0.1) is 23.1 Å². The standard InChI is InChI=1S/C17H12F2N4O2S2/c18-10-1-2-12(13(19)5-10)14(7-20)22-15(24)9-26-8-11-6-16(25)23-3-4-27-17(23)21-11/h1-6,14H,8-9H2,(H,22,24). The molecule has 1 atom stereocenters. The number of thioether (sulfide) groups is 1. The third-order valence-corrected chi connectivity index (χ3v) is 5.27. The van der Waals surface area contributed by atoms with Gasteiger partial charge >= 0.3 is 0 Å². The summed E-state index contributed by atoms with van der Waals surface area (Å²) in [5.74, 6) is -1.82. The Morgan fingerprint density at radius 1 is 1.41 bits per heavy atom. The van der Waals surface area contributed by atoms with Crippen LogP contribution in [0.2, 0.25) is 0 Å². The Morgan fingerprint density at radius 3 is 2.96 bits per heavy atom. The fraction of sp³-hybridized carbons (Fsp3) is 0.176. The second-order valence-corrected chi connectivity index (χ2v) is 7.29. The molecule has 1 aromatic carbocycles. The van der Waals surface area contributed by atoms with Gasteiger partial charge in [-0.25, -0.2) is 13.8 Å². The first-order valence-electron chi connectivity index (χ1n) is 7.65. The number of carbonyl (C=O) groups excluding carboxylic acids is 1. The first kappa shape index (κ1) is 19.0. The summed E-state index contributed by atoms with van der Waals surface area (Å²) in [6.45, 7) is 0. The summed E-state index contributed by atoms with van der Waals surface area (Å²) in [4.78, 5) is 28.8. The van der Waals surface area contributed by atoms with E-state index in [9.17, 15) is 18.4 Å². The summed E-state index contributed by atoms with van der Waals surface area (Å²) >= 11 is 2.54. The molecule has 1 N–H and O–H groups in total. The minimum Gasteiger partial charge on any atom is -0.336 e. The Bertz CT molecular complexity index is 1090. The number of benzene rings is 1. The lowest BCUT2D eigenvalue weighted by Gasteiger charge is -2.12. The number of nitriles is 1. The number of hydrogen-bond donors (Lipinski definition) is 1. The molecule has 0 bridgehead atoms. The van der Waals surface area contributed by atoms with Crippen molar-refractivity contribution in [2.45, 2.75) is 11.8 Å². The van der Waals surface area contributed by atoms with Crippen LogP contribution in [0.1, 0.15) is 17.3 Å². The molecule has 3 aromatic rings. The van der Waals surface area contributed by atoms with Crippen molar-refractivity contribution < 1.29 is 13.6 Å². The zero-order valence-electron chi connectivity index (χ0n) is 13.7. The molecule has 0 spiro atoms. The molecule has 3 rings (SSSR count). The molecule has 2 aromatic heterocycles. The van der Waals surface area contributed by atoms with Crippen LogP contribution in [0.3, 0.4) is 0 Å². The number of fused-ring (bicyclic) bond motifs is 1. The highest BCUT2D eigenvalue weighted by atomic mass is 32.2. The van der Waals surface area contributed by atoms with E-state index in [0.717, 1.165) is 12.1 Å². The van der Waals surface area contributed by atoms with Crippen molar-refractivity contribution in [1.29, 1.82) is 5.26 Å². The molecule has 0 aliphatic heterocycles. The smallest absolute Gasteiger partial charge is 0.258 e. The van der Waals surface area contributed by atoms with Crippen LogP contribution in [-0.2, 0) is 10.5 Å². The number of aromatic nitrogens is 2. The third kappa shape index (κ3) is 4.50. The molecule has 1 unspecified atom stereocenters. The van der Waals surface area contributed by atoms with Crippen molar-refractivity contribution in [3.05, 3.63) is 69.1 Å². The highest BCUT2D eigenvalue weighted by Gasteiger charge is 2.18. The maximum absolute atomic E-state index is 13.8. The Kier molecular flexibility index (Phi) is 5.83. The normalized spacial score (nSPS) is 11.9. The molecule has 2 heterocycles. The van der Waals surface area contributed by atoms with E-state index in [1.165, 1.54) is 33.6 Å². The van der Waals surface area contributed by atoms with Crippen molar-refractivity contribution in [3.8, 4) is 6.07 Å². The van der Waals surface area contributed by atoms with Gasteiger partial charge in [0.15, 0.2) is 4.96 Å². The van der Waals surface area contributed by atoms with E-state index in [2.05, 4.69) is 10.3 Å². The number of amides is 1. The second-order valence-electron chi connectivity index (χ2n) is 5.43.